The summed E-state index contributed by atoms with van der Waals surface area (Å²) in [5.41, 5.74) is -2.18. The molecule has 0 aromatic carbocycles. The molecule has 26 heavy (non-hydrogen) atoms. The number of nitrogens with zero attached hydrogens (tertiary/aromatic N) is 2. The average Bonchev–Trinajstić information content (AvgIpc) is 3.15. The largest absolute Gasteiger partial charge is 0.448 e. The van der Waals surface area contributed by atoms with Gasteiger partial charge in [-0.05, 0) is 19.8 Å². The third-order valence-corrected chi connectivity index (χ3v) is 5.93. The highest BCUT2D eigenvalue weighted by molar-refractivity contribution is 7.54. The van der Waals surface area contributed by atoms with E-state index in [1.54, 1.807) is 0 Å². The summed E-state index contributed by atoms with van der Waals surface area (Å²) in [7, 11) is -1.46. The normalized spacial score (nSPS) is 18.7. The van der Waals surface area contributed by atoms with Crippen molar-refractivity contribution in [2.75, 3.05) is 20.8 Å². The van der Waals surface area contributed by atoms with Crippen LogP contribution >= 0.6 is 7.60 Å². The molecular weight excluding hydrogens is 374 g/mol. The van der Waals surface area contributed by atoms with Crippen LogP contribution in [0.5, 0.6) is 0 Å². The third-order valence-electron chi connectivity index (χ3n) is 3.91. The lowest BCUT2D eigenvalue weighted by Gasteiger charge is -2.21. The van der Waals surface area contributed by atoms with E-state index >= 15 is 0 Å². The Morgan fingerprint density at radius 3 is 2.62 bits per heavy atom. The van der Waals surface area contributed by atoms with Crippen molar-refractivity contribution >= 4 is 13.6 Å². The molecule has 0 bridgehead atoms. The first-order chi connectivity index (χ1) is 12.2. The lowest BCUT2D eigenvalue weighted by atomic mass is 10.3. The van der Waals surface area contributed by atoms with Gasteiger partial charge in [0.15, 0.2) is 5.85 Å². The van der Waals surface area contributed by atoms with E-state index in [0.717, 1.165) is 25.0 Å². The molecule has 1 aromatic rings. The Bertz CT molecular complexity index is 821. The molecule has 1 aliphatic heterocycles. The number of esters is 1. The van der Waals surface area contributed by atoms with Gasteiger partial charge in [0.05, 0.1) is 6.20 Å². The second-order valence-electron chi connectivity index (χ2n) is 5.52. The van der Waals surface area contributed by atoms with Crippen molar-refractivity contribution in [3.63, 3.8) is 0 Å². The quantitative estimate of drug-likeness (QED) is 0.493. The van der Waals surface area contributed by atoms with Crippen molar-refractivity contribution in [2.45, 2.75) is 38.4 Å². The molecule has 146 valence electrons. The van der Waals surface area contributed by atoms with Crippen molar-refractivity contribution < 1.29 is 32.3 Å². The Morgan fingerprint density at radius 1 is 1.42 bits per heavy atom. The van der Waals surface area contributed by atoms with Crippen LogP contribution in [0.2, 0.25) is 0 Å². The Morgan fingerprint density at radius 2 is 2.08 bits per heavy atom. The number of rotatable bonds is 7. The Kier molecular flexibility index (Phi) is 6.51. The van der Waals surface area contributed by atoms with Crippen LogP contribution in [-0.4, -0.2) is 41.8 Å². The van der Waals surface area contributed by atoms with E-state index in [2.05, 4.69) is 0 Å². The van der Waals surface area contributed by atoms with E-state index in [4.69, 9.17) is 18.5 Å². The highest BCUT2D eigenvalue weighted by Crippen LogP contribution is 2.51. The molecule has 2 heterocycles. The molecule has 1 aliphatic rings. The topological polar surface area (TPSA) is 115 Å². The van der Waals surface area contributed by atoms with Crippen LogP contribution in [0.15, 0.2) is 15.8 Å². The van der Waals surface area contributed by atoms with Crippen molar-refractivity contribution in [2.24, 2.45) is 0 Å². The van der Waals surface area contributed by atoms with Crippen LogP contribution in [0.25, 0.3) is 0 Å². The first-order valence-corrected chi connectivity index (χ1v) is 9.38. The molecular formula is C14H20FN2O8P. The zero-order chi connectivity index (χ0) is 19.5. The van der Waals surface area contributed by atoms with Crippen LogP contribution in [0, 0.1) is 5.82 Å². The second kappa shape index (κ2) is 8.26. The average molecular weight is 394 g/mol. The zero-order valence-electron chi connectivity index (χ0n) is 14.5. The highest BCUT2D eigenvalue weighted by Gasteiger charge is 2.34. The van der Waals surface area contributed by atoms with E-state index in [1.807, 2.05) is 0 Å². The summed E-state index contributed by atoms with van der Waals surface area (Å²) in [6.07, 6.45) is 1.21. The molecule has 0 saturated carbocycles. The summed E-state index contributed by atoms with van der Waals surface area (Å²) in [6.45, 7) is 0.811. The maximum absolute atomic E-state index is 13.9. The SMILES string of the molecule is COP(=O)(OC)C(C)OC(=O)Cn1c(=O)c(F)cn([C@H]2CCCO2)c1=O. The fraction of sp³-hybridized carbons (Fsp3) is 0.643. The Labute approximate surface area is 148 Å². The molecule has 0 radical (unpaired) electrons. The van der Waals surface area contributed by atoms with Crippen molar-refractivity contribution in [3.05, 3.63) is 32.9 Å². The molecule has 0 N–H and O–H groups in total. The number of halogens is 1. The molecule has 0 amide bonds. The molecule has 1 saturated heterocycles. The first-order valence-electron chi connectivity index (χ1n) is 7.77. The van der Waals surface area contributed by atoms with Gasteiger partial charge >= 0.3 is 19.3 Å². The minimum atomic E-state index is -3.70. The van der Waals surface area contributed by atoms with Gasteiger partial charge in [0.1, 0.15) is 12.8 Å². The minimum absolute atomic E-state index is 0.399. The number of aromatic nitrogens is 2. The monoisotopic (exact) mass is 394 g/mol. The Balaban J connectivity index is 2.26. The maximum atomic E-state index is 13.9. The number of hydrogen-bond acceptors (Lipinski definition) is 8. The molecule has 2 atom stereocenters. The fourth-order valence-corrected chi connectivity index (χ4v) is 3.50. The standard InChI is InChI=1S/C14H20FN2O8P/c1-9(26(21,22-2)23-3)25-12(18)8-17-13(19)10(15)7-16(14(17)20)11-5-4-6-24-11/h7,9,11H,4-6,8H2,1-3H3/t9?,11-/m1/s1. The van der Waals surface area contributed by atoms with E-state index in [0.29, 0.717) is 24.0 Å². The van der Waals surface area contributed by atoms with Gasteiger partial charge in [-0.2, -0.15) is 4.39 Å². The lowest BCUT2D eigenvalue weighted by Crippen LogP contribution is -2.44. The van der Waals surface area contributed by atoms with Crippen molar-refractivity contribution in [1.82, 2.24) is 9.13 Å². The van der Waals surface area contributed by atoms with Crippen LogP contribution in [-0.2, 0) is 34.4 Å². The Hall–Kier alpha value is -1.81. The van der Waals surface area contributed by atoms with Gasteiger partial charge in [0, 0.05) is 20.8 Å². The maximum Gasteiger partial charge on any atom is 0.370 e. The minimum Gasteiger partial charge on any atom is -0.448 e. The smallest absolute Gasteiger partial charge is 0.370 e. The van der Waals surface area contributed by atoms with Gasteiger partial charge < -0.3 is 18.5 Å². The first kappa shape index (κ1) is 20.5. The van der Waals surface area contributed by atoms with Crippen LogP contribution in [0.1, 0.15) is 26.0 Å². The predicted molar refractivity (Wildman–Crippen MR) is 86.3 cm³/mol. The van der Waals surface area contributed by atoms with Gasteiger partial charge in [-0.3, -0.25) is 18.7 Å². The summed E-state index contributed by atoms with van der Waals surface area (Å²) in [5, 5.41) is 0. The van der Waals surface area contributed by atoms with E-state index in [-0.39, 0.29) is 0 Å². The van der Waals surface area contributed by atoms with Crippen LogP contribution in [0.4, 0.5) is 4.39 Å². The molecule has 12 heteroatoms. The molecule has 0 spiro atoms. The van der Waals surface area contributed by atoms with E-state index in [1.165, 1.54) is 6.92 Å². The van der Waals surface area contributed by atoms with Gasteiger partial charge in [-0.1, -0.05) is 0 Å². The molecule has 10 nitrogen and oxygen atoms in total. The number of carbonyl (C=O) groups excluding carboxylic acids is 1. The summed E-state index contributed by atoms with van der Waals surface area (Å²) in [6, 6.07) is 0. The number of carbonyl (C=O) groups is 1. The summed E-state index contributed by atoms with van der Waals surface area (Å²) >= 11 is 0. The molecule has 2 rings (SSSR count). The van der Waals surface area contributed by atoms with E-state index in [9.17, 15) is 23.3 Å². The second-order valence-corrected chi connectivity index (χ2v) is 8.06. The van der Waals surface area contributed by atoms with Gasteiger partial charge in [-0.25, -0.2) is 9.36 Å². The zero-order valence-corrected chi connectivity index (χ0v) is 15.4. The molecule has 0 aliphatic carbocycles. The summed E-state index contributed by atoms with van der Waals surface area (Å²) in [5.74, 6) is -3.56. The number of ether oxygens (including phenoxy) is 2. The third kappa shape index (κ3) is 4.12. The fourth-order valence-electron chi connectivity index (χ4n) is 2.51. The molecule has 1 fully saturated rings. The lowest BCUT2D eigenvalue weighted by molar-refractivity contribution is -0.146. The summed E-state index contributed by atoms with van der Waals surface area (Å²) in [4.78, 5) is 36.4. The van der Waals surface area contributed by atoms with Crippen LogP contribution < -0.4 is 11.2 Å². The van der Waals surface area contributed by atoms with Gasteiger partial charge in [0.2, 0.25) is 5.82 Å². The molecule has 1 aromatic heterocycles. The molecule has 1 unspecified atom stereocenters. The van der Waals surface area contributed by atoms with Crippen molar-refractivity contribution in [1.29, 1.82) is 0 Å². The van der Waals surface area contributed by atoms with Gasteiger partial charge in [-0.15, -0.1) is 0 Å². The van der Waals surface area contributed by atoms with E-state index < -0.39 is 49.2 Å². The summed E-state index contributed by atoms with van der Waals surface area (Å²) < 4.78 is 47.0. The highest BCUT2D eigenvalue weighted by atomic mass is 31.2. The predicted octanol–water partition coefficient (Wildman–Crippen LogP) is 0.833. The van der Waals surface area contributed by atoms with Crippen molar-refractivity contribution in [3.8, 4) is 0 Å². The van der Waals surface area contributed by atoms with Crippen LogP contribution in [0.3, 0.4) is 0 Å². The number of hydrogen-bond donors (Lipinski definition) is 0. The van der Waals surface area contributed by atoms with Gasteiger partial charge in [0.25, 0.3) is 5.56 Å².